The topological polar surface area (TPSA) is 51.8 Å². The SMILES string of the molecule is Fc1ccc(N2CC[NH+](Cn3nc(-c4ccco4)oc3=S)CC2)cc1. The summed E-state index contributed by atoms with van der Waals surface area (Å²) >= 11 is 5.26. The lowest BCUT2D eigenvalue weighted by atomic mass is 10.2. The Morgan fingerprint density at radius 2 is 1.92 bits per heavy atom. The third-order valence-electron chi connectivity index (χ3n) is 4.37. The van der Waals surface area contributed by atoms with Gasteiger partial charge in [0, 0.05) is 5.69 Å². The number of furan rings is 1. The van der Waals surface area contributed by atoms with Crippen molar-refractivity contribution in [2.75, 3.05) is 31.1 Å². The molecule has 1 aromatic carbocycles. The van der Waals surface area contributed by atoms with E-state index in [-0.39, 0.29) is 5.82 Å². The van der Waals surface area contributed by atoms with Gasteiger partial charge in [-0.2, -0.15) is 4.68 Å². The number of benzene rings is 1. The van der Waals surface area contributed by atoms with Gasteiger partial charge in [-0.25, -0.2) is 4.39 Å². The molecule has 0 aliphatic carbocycles. The van der Waals surface area contributed by atoms with E-state index in [9.17, 15) is 4.39 Å². The minimum atomic E-state index is -0.208. The molecule has 130 valence electrons. The first kappa shape index (κ1) is 16.0. The summed E-state index contributed by atoms with van der Waals surface area (Å²) in [5.41, 5.74) is 1.05. The molecule has 1 N–H and O–H groups in total. The Balaban J connectivity index is 1.39. The van der Waals surface area contributed by atoms with E-state index in [0.29, 0.717) is 23.2 Å². The van der Waals surface area contributed by atoms with E-state index in [2.05, 4.69) is 10.00 Å². The van der Waals surface area contributed by atoms with Crippen LogP contribution >= 0.6 is 12.2 Å². The molecule has 0 radical (unpaired) electrons. The first-order valence-electron chi connectivity index (χ1n) is 8.15. The van der Waals surface area contributed by atoms with Gasteiger partial charge in [-0.3, -0.25) is 0 Å². The molecule has 0 unspecified atom stereocenters. The number of aromatic nitrogens is 2. The van der Waals surface area contributed by atoms with Crippen molar-refractivity contribution >= 4 is 17.9 Å². The van der Waals surface area contributed by atoms with E-state index in [1.807, 2.05) is 12.1 Å². The van der Waals surface area contributed by atoms with Crippen LogP contribution < -0.4 is 9.80 Å². The van der Waals surface area contributed by atoms with Crippen molar-refractivity contribution in [3.05, 3.63) is 53.3 Å². The fraction of sp³-hybridized carbons (Fsp3) is 0.294. The van der Waals surface area contributed by atoms with Crippen LogP contribution in [0.1, 0.15) is 0 Å². The minimum Gasteiger partial charge on any atom is -0.459 e. The Kier molecular flexibility index (Phi) is 4.37. The number of nitrogens with one attached hydrogen (secondary N) is 1. The van der Waals surface area contributed by atoms with Crippen molar-refractivity contribution in [1.29, 1.82) is 0 Å². The summed E-state index contributed by atoms with van der Waals surface area (Å²) in [4.78, 5) is 3.98. The molecule has 25 heavy (non-hydrogen) atoms. The van der Waals surface area contributed by atoms with Crippen LogP contribution in [0.4, 0.5) is 10.1 Å². The van der Waals surface area contributed by atoms with Crippen LogP contribution in [-0.2, 0) is 6.67 Å². The molecule has 3 heterocycles. The standard InChI is InChI=1S/C17H17FN4O2S/c18-13-3-5-14(6-4-13)21-9-7-20(8-10-21)12-22-17(25)24-16(19-22)15-2-1-11-23-15/h1-6,11H,7-10,12H2/p+1. The van der Waals surface area contributed by atoms with Gasteiger partial charge in [-0.1, -0.05) is 0 Å². The number of halogens is 1. The Labute approximate surface area is 149 Å². The molecule has 1 fully saturated rings. The first-order chi connectivity index (χ1) is 12.2. The highest BCUT2D eigenvalue weighted by molar-refractivity contribution is 7.71. The highest BCUT2D eigenvalue weighted by Crippen LogP contribution is 2.17. The maximum atomic E-state index is 13.0. The molecule has 4 rings (SSSR count). The minimum absolute atomic E-state index is 0.208. The van der Waals surface area contributed by atoms with Crippen molar-refractivity contribution < 1.29 is 18.1 Å². The van der Waals surface area contributed by atoms with E-state index in [4.69, 9.17) is 21.1 Å². The van der Waals surface area contributed by atoms with Crippen molar-refractivity contribution in [1.82, 2.24) is 9.78 Å². The van der Waals surface area contributed by atoms with E-state index >= 15 is 0 Å². The maximum absolute atomic E-state index is 13.0. The van der Waals surface area contributed by atoms with Crippen LogP contribution in [0.15, 0.2) is 51.5 Å². The number of hydrogen-bond donors (Lipinski definition) is 1. The third-order valence-corrected chi connectivity index (χ3v) is 4.67. The zero-order chi connectivity index (χ0) is 17.2. The molecule has 0 atom stereocenters. The summed E-state index contributed by atoms with van der Waals surface area (Å²) in [6.45, 7) is 4.35. The molecular weight excluding hydrogens is 343 g/mol. The molecule has 8 heteroatoms. The Hall–Kier alpha value is -2.45. The van der Waals surface area contributed by atoms with Gasteiger partial charge in [0.15, 0.2) is 12.4 Å². The second-order valence-corrected chi connectivity index (χ2v) is 6.37. The van der Waals surface area contributed by atoms with E-state index in [1.54, 1.807) is 23.1 Å². The molecule has 6 nitrogen and oxygen atoms in total. The normalized spacial score (nSPS) is 15.6. The maximum Gasteiger partial charge on any atom is 0.292 e. The lowest BCUT2D eigenvalue weighted by molar-refractivity contribution is -0.924. The van der Waals surface area contributed by atoms with Crippen LogP contribution in [0.2, 0.25) is 0 Å². The van der Waals surface area contributed by atoms with E-state index in [1.165, 1.54) is 17.0 Å². The highest BCUT2D eigenvalue weighted by Gasteiger charge is 2.22. The summed E-state index contributed by atoms with van der Waals surface area (Å²) in [6, 6.07) is 10.2. The van der Waals surface area contributed by atoms with Crippen LogP contribution in [0.5, 0.6) is 0 Å². The summed E-state index contributed by atoms with van der Waals surface area (Å²) < 4.78 is 25.6. The fourth-order valence-corrected chi connectivity index (χ4v) is 3.19. The Morgan fingerprint density at radius 1 is 1.16 bits per heavy atom. The van der Waals surface area contributed by atoms with Crippen LogP contribution in [-0.4, -0.2) is 36.0 Å². The van der Waals surface area contributed by atoms with Gasteiger partial charge >= 0.3 is 0 Å². The van der Waals surface area contributed by atoms with Crippen LogP contribution in [0.25, 0.3) is 11.7 Å². The third kappa shape index (κ3) is 3.49. The van der Waals surface area contributed by atoms with Crippen molar-refractivity contribution in [3.8, 4) is 11.7 Å². The van der Waals surface area contributed by atoms with Crippen molar-refractivity contribution in [2.45, 2.75) is 6.67 Å². The quantitative estimate of drug-likeness (QED) is 0.720. The van der Waals surface area contributed by atoms with Gasteiger partial charge in [-0.15, -0.1) is 5.10 Å². The van der Waals surface area contributed by atoms with Crippen molar-refractivity contribution in [2.24, 2.45) is 0 Å². The van der Waals surface area contributed by atoms with Crippen LogP contribution in [0.3, 0.4) is 0 Å². The number of anilines is 1. The highest BCUT2D eigenvalue weighted by atomic mass is 32.1. The lowest BCUT2D eigenvalue weighted by Crippen LogP contribution is -3.14. The fourth-order valence-electron chi connectivity index (χ4n) is 3.01. The van der Waals surface area contributed by atoms with Crippen molar-refractivity contribution in [3.63, 3.8) is 0 Å². The summed E-state index contributed by atoms with van der Waals surface area (Å²) in [7, 11) is 0. The van der Waals surface area contributed by atoms with Gasteiger partial charge in [0.05, 0.1) is 32.4 Å². The monoisotopic (exact) mass is 361 g/mol. The number of hydrogen-bond acceptors (Lipinski definition) is 5. The summed E-state index contributed by atoms with van der Waals surface area (Å²) in [5, 5.41) is 4.41. The van der Waals surface area contributed by atoms with E-state index < -0.39 is 0 Å². The van der Waals surface area contributed by atoms with Gasteiger partial charge in [0.1, 0.15) is 5.82 Å². The molecule has 0 bridgehead atoms. The van der Waals surface area contributed by atoms with Gasteiger partial charge in [0.2, 0.25) is 0 Å². The van der Waals surface area contributed by atoms with E-state index in [0.717, 1.165) is 31.9 Å². The predicted molar refractivity (Wildman–Crippen MR) is 92.3 cm³/mol. The molecule has 3 aromatic rings. The number of rotatable bonds is 4. The number of nitrogens with zero attached hydrogens (tertiary/aromatic N) is 3. The second-order valence-electron chi connectivity index (χ2n) is 6.02. The first-order valence-corrected chi connectivity index (χ1v) is 8.56. The number of quaternary nitrogens is 1. The zero-order valence-electron chi connectivity index (χ0n) is 13.5. The number of piperazine rings is 1. The van der Waals surface area contributed by atoms with Gasteiger partial charge in [0.25, 0.3) is 10.7 Å². The summed E-state index contributed by atoms with van der Waals surface area (Å²) in [6.07, 6.45) is 1.58. The Morgan fingerprint density at radius 3 is 2.60 bits per heavy atom. The largest absolute Gasteiger partial charge is 0.459 e. The molecular formula is C17H18FN4O2S+. The molecule has 2 aromatic heterocycles. The van der Waals surface area contributed by atoms with Crippen LogP contribution in [0, 0.1) is 10.7 Å². The zero-order valence-corrected chi connectivity index (χ0v) is 14.3. The molecule has 0 spiro atoms. The Bertz CT molecular complexity index is 880. The smallest absolute Gasteiger partial charge is 0.292 e. The molecule has 0 amide bonds. The predicted octanol–water partition coefficient (Wildman–Crippen LogP) is 1.97. The second kappa shape index (κ2) is 6.81. The molecule has 0 saturated carbocycles. The molecule has 1 saturated heterocycles. The summed E-state index contributed by atoms with van der Waals surface area (Å²) in [5.74, 6) is 0.765. The molecule has 1 aliphatic heterocycles. The average molecular weight is 361 g/mol. The van der Waals surface area contributed by atoms with Gasteiger partial charge < -0.3 is 18.6 Å². The molecule has 1 aliphatic rings. The lowest BCUT2D eigenvalue weighted by Gasteiger charge is -2.33. The average Bonchev–Trinajstić information content (AvgIpc) is 3.27. The van der Waals surface area contributed by atoms with Gasteiger partial charge in [-0.05, 0) is 48.6 Å².